The average molecular weight is 187 g/mol. The van der Waals surface area contributed by atoms with Crippen LogP contribution in [0.2, 0.25) is 0 Å². The first-order valence-electron chi connectivity index (χ1n) is 4.55. The molecule has 0 aliphatic heterocycles. The molecule has 0 saturated heterocycles. The van der Waals surface area contributed by atoms with E-state index in [-0.39, 0.29) is 11.8 Å². The molecule has 0 heterocycles. The quantitative estimate of drug-likeness (QED) is 0.607. The van der Waals surface area contributed by atoms with Crippen LogP contribution in [0.5, 0.6) is 0 Å². The van der Waals surface area contributed by atoms with E-state index in [9.17, 15) is 9.18 Å². The molecule has 3 fully saturated rings. The van der Waals surface area contributed by atoms with Crippen LogP contribution in [0.25, 0.3) is 0 Å². The van der Waals surface area contributed by atoms with Gasteiger partial charge < -0.3 is 0 Å². The largest absolute Gasteiger partial charge is 0.275 e. The third-order valence-electron chi connectivity index (χ3n) is 3.42. The van der Waals surface area contributed by atoms with Gasteiger partial charge in [-0.15, -0.1) is 0 Å². The predicted octanol–water partition coefficient (Wildman–Crippen LogP) is 1.14. The van der Waals surface area contributed by atoms with Gasteiger partial charge in [0.25, 0.3) is 5.91 Å². The Bertz CT molecular complexity index is 238. The summed E-state index contributed by atoms with van der Waals surface area (Å²) in [6, 6.07) is 0. The van der Waals surface area contributed by atoms with E-state index in [0.717, 1.165) is 0 Å². The lowest BCUT2D eigenvalue weighted by Crippen LogP contribution is -2.44. The highest BCUT2D eigenvalue weighted by Gasteiger charge is 2.61. The zero-order valence-electron chi connectivity index (χ0n) is 7.92. The van der Waals surface area contributed by atoms with E-state index in [1.807, 2.05) is 0 Å². The summed E-state index contributed by atoms with van der Waals surface area (Å²) in [5, 5.41) is 1.22. The molecule has 0 radical (unpaired) electrons. The van der Waals surface area contributed by atoms with Crippen molar-refractivity contribution in [1.29, 1.82) is 0 Å². The SMILES string of the molecule is CON(C)C(=O)C12CC(C1)[C@@H](F)C2. The van der Waals surface area contributed by atoms with Crippen molar-refractivity contribution in [2.75, 3.05) is 14.2 Å². The first kappa shape index (κ1) is 8.94. The summed E-state index contributed by atoms with van der Waals surface area (Å²) in [5.41, 5.74) is -0.422. The maximum absolute atomic E-state index is 13.1. The van der Waals surface area contributed by atoms with Gasteiger partial charge in [-0.1, -0.05) is 0 Å². The van der Waals surface area contributed by atoms with E-state index in [1.165, 1.54) is 12.2 Å². The van der Waals surface area contributed by atoms with E-state index in [1.54, 1.807) is 7.05 Å². The van der Waals surface area contributed by atoms with E-state index in [4.69, 9.17) is 4.84 Å². The van der Waals surface area contributed by atoms with E-state index in [0.29, 0.717) is 19.3 Å². The zero-order chi connectivity index (χ0) is 9.64. The number of carbonyl (C=O) groups is 1. The normalized spacial score (nSPS) is 41.5. The van der Waals surface area contributed by atoms with Crippen LogP contribution in [-0.4, -0.2) is 31.3 Å². The minimum atomic E-state index is -0.769. The zero-order valence-corrected chi connectivity index (χ0v) is 7.92. The molecular weight excluding hydrogens is 173 g/mol. The third kappa shape index (κ3) is 1.08. The summed E-state index contributed by atoms with van der Waals surface area (Å²) >= 11 is 0. The summed E-state index contributed by atoms with van der Waals surface area (Å²) in [7, 11) is 3.03. The van der Waals surface area contributed by atoms with Gasteiger partial charge in [-0.25, -0.2) is 9.45 Å². The number of halogens is 1. The van der Waals surface area contributed by atoms with Crippen molar-refractivity contribution in [1.82, 2.24) is 5.06 Å². The van der Waals surface area contributed by atoms with E-state index in [2.05, 4.69) is 0 Å². The Balaban J connectivity index is 2.06. The lowest BCUT2D eigenvalue weighted by Gasteiger charge is -2.38. The fraction of sp³-hybridized carbons (Fsp3) is 0.889. The highest BCUT2D eigenvalue weighted by Crippen LogP contribution is 2.60. The monoisotopic (exact) mass is 187 g/mol. The van der Waals surface area contributed by atoms with Gasteiger partial charge in [0.1, 0.15) is 6.17 Å². The maximum Gasteiger partial charge on any atom is 0.252 e. The molecule has 74 valence electrons. The van der Waals surface area contributed by atoms with E-state index < -0.39 is 11.6 Å². The van der Waals surface area contributed by atoms with Crippen molar-refractivity contribution < 1.29 is 14.0 Å². The molecule has 3 aliphatic carbocycles. The molecule has 0 spiro atoms. The fourth-order valence-corrected chi connectivity index (χ4v) is 2.59. The summed E-state index contributed by atoms with van der Waals surface area (Å²) < 4.78 is 13.1. The minimum absolute atomic E-state index is 0.0635. The molecule has 2 bridgehead atoms. The van der Waals surface area contributed by atoms with Crippen LogP contribution in [0.3, 0.4) is 0 Å². The maximum atomic E-state index is 13.1. The Hall–Kier alpha value is -0.640. The highest BCUT2D eigenvalue weighted by molar-refractivity contribution is 5.83. The second-order valence-electron chi connectivity index (χ2n) is 4.15. The van der Waals surface area contributed by atoms with E-state index >= 15 is 0 Å². The van der Waals surface area contributed by atoms with Crippen molar-refractivity contribution in [3.8, 4) is 0 Å². The Morgan fingerprint density at radius 2 is 2.15 bits per heavy atom. The van der Waals surface area contributed by atoms with Crippen molar-refractivity contribution in [2.45, 2.75) is 25.4 Å². The number of rotatable bonds is 2. The first-order chi connectivity index (χ1) is 6.09. The van der Waals surface area contributed by atoms with Gasteiger partial charge in [0.15, 0.2) is 0 Å². The van der Waals surface area contributed by atoms with Crippen LogP contribution in [-0.2, 0) is 9.63 Å². The molecule has 0 unspecified atom stereocenters. The molecule has 4 heteroatoms. The second-order valence-corrected chi connectivity index (χ2v) is 4.15. The van der Waals surface area contributed by atoms with Crippen LogP contribution in [0.4, 0.5) is 4.39 Å². The number of carbonyl (C=O) groups excluding carboxylic acids is 1. The van der Waals surface area contributed by atoms with Crippen molar-refractivity contribution in [3.63, 3.8) is 0 Å². The molecule has 0 aromatic carbocycles. The Labute approximate surface area is 76.8 Å². The molecule has 1 amide bonds. The standard InChI is InChI=1S/C9H14FNO2/c1-11(13-2)8(12)9-3-6(4-9)7(10)5-9/h6-7H,3-5H2,1-2H3/t6?,7-,9?/m0/s1. The first-order valence-corrected chi connectivity index (χ1v) is 4.55. The van der Waals surface area contributed by atoms with Crippen LogP contribution in [0.1, 0.15) is 19.3 Å². The highest BCUT2D eigenvalue weighted by atomic mass is 19.1. The van der Waals surface area contributed by atoms with Gasteiger partial charge in [-0.05, 0) is 25.2 Å². The summed E-state index contributed by atoms with van der Waals surface area (Å²) in [6.45, 7) is 0. The molecule has 0 aromatic rings. The Morgan fingerprint density at radius 1 is 1.54 bits per heavy atom. The van der Waals surface area contributed by atoms with Gasteiger partial charge >= 0.3 is 0 Å². The number of amides is 1. The summed E-state index contributed by atoms with van der Waals surface area (Å²) in [5.74, 6) is 0.0700. The Kier molecular flexibility index (Phi) is 1.84. The lowest BCUT2D eigenvalue weighted by molar-refractivity contribution is -0.184. The van der Waals surface area contributed by atoms with Crippen molar-refractivity contribution >= 4 is 5.91 Å². The molecule has 13 heavy (non-hydrogen) atoms. The fourth-order valence-electron chi connectivity index (χ4n) is 2.59. The van der Waals surface area contributed by atoms with Crippen LogP contribution in [0, 0.1) is 11.3 Å². The average Bonchev–Trinajstić information content (AvgIpc) is 2.53. The van der Waals surface area contributed by atoms with Crippen LogP contribution < -0.4 is 0 Å². The topological polar surface area (TPSA) is 29.5 Å². The number of hydrogen-bond acceptors (Lipinski definition) is 2. The summed E-state index contributed by atoms with van der Waals surface area (Å²) in [4.78, 5) is 16.5. The van der Waals surface area contributed by atoms with Crippen molar-refractivity contribution in [3.05, 3.63) is 0 Å². The van der Waals surface area contributed by atoms with Crippen LogP contribution >= 0.6 is 0 Å². The third-order valence-corrected chi connectivity index (χ3v) is 3.42. The van der Waals surface area contributed by atoms with Gasteiger partial charge in [0.05, 0.1) is 12.5 Å². The number of alkyl halides is 1. The molecule has 1 atom stereocenters. The molecule has 3 nitrogen and oxygen atoms in total. The molecule has 3 rings (SSSR count). The molecular formula is C9H14FNO2. The number of fused-ring (bicyclic) bond motifs is 1. The smallest absolute Gasteiger partial charge is 0.252 e. The predicted molar refractivity (Wildman–Crippen MR) is 44.4 cm³/mol. The van der Waals surface area contributed by atoms with Crippen LogP contribution in [0.15, 0.2) is 0 Å². The summed E-state index contributed by atoms with van der Waals surface area (Å²) in [6.07, 6.45) is 1.04. The Morgan fingerprint density at radius 3 is 2.54 bits per heavy atom. The molecule has 3 saturated carbocycles. The lowest BCUT2D eigenvalue weighted by atomic mass is 9.69. The number of hydrogen-bond donors (Lipinski definition) is 0. The van der Waals surface area contributed by atoms with Gasteiger partial charge in [0.2, 0.25) is 0 Å². The van der Waals surface area contributed by atoms with Gasteiger partial charge in [-0.2, -0.15) is 0 Å². The van der Waals surface area contributed by atoms with Crippen molar-refractivity contribution in [2.24, 2.45) is 11.3 Å². The molecule has 0 N–H and O–H groups in total. The molecule has 3 aliphatic rings. The van der Waals surface area contributed by atoms with Gasteiger partial charge in [0, 0.05) is 7.05 Å². The minimum Gasteiger partial charge on any atom is -0.275 e. The molecule has 0 aromatic heterocycles. The van der Waals surface area contributed by atoms with Gasteiger partial charge in [-0.3, -0.25) is 9.63 Å². The number of nitrogens with zero attached hydrogens (tertiary/aromatic N) is 1. The second kappa shape index (κ2) is 2.67. The number of hydroxylamine groups is 2.